The number of aromatic nitrogens is 1. The average Bonchev–Trinajstić information content (AvgIpc) is 3.24. The van der Waals surface area contributed by atoms with E-state index < -0.39 is 0 Å². The number of rotatable bonds is 6. The van der Waals surface area contributed by atoms with Crippen molar-refractivity contribution in [3.8, 4) is 11.5 Å². The minimum atomic E-state index is -0.345. The SMILES string of the molecule is CCOC(=O)c1c(C)[nH]c(/C=N/NC(=S)NCc2ccc3c(c2)OCO3)c1C. The number of nitrogens with zero attached hydrogens (tertiary/aromatic N) is 1. The first kappa shape index (κ1) is 19.7. The Morgan fingerprint density at radius 1 is 1.36 bits per heavy atom. The van der Waals surface area contributed by atoms with Crippen molar-refractivity contribution in [3.63, 3.8) is 0 Å². The lowest BCUT2D eigenvalue weighted by Crippen LogP contribution is -2.31. The van der Waals surface area contributed by atoms with Gasteiger partial charge in [-0.1, -0.05) is 6.07 Å². The van der Waals surface area contributed by atoms with Crippen LogP contribution in [0, 0.1) is 13.8 Å². The van der Waals surface area contributed by atoms with E-state index in [1.165, 1.54) is 0 Å². The summed E-state index contributed by atoms with van der Waals surface area (Å²) < 4.78 is 15.7. The molecule has 0 unspecified atom stereocenters. The molecule has 0 amide bonds. The summed E-state index contributed by atoms with van der Waals surface area (Å²) in [5, 5.41) is 7.57. The Morgan fingerprint density at radius 3 is 2.93 bits per heavy atom. The van der Waals surface area contributed by atoms with Gasteiger partial charge in [0.1, 0.15) is 0 Å². The first-order valence-corrected chi connectivity index (χ1v) is 9.22. The zero-order chi connectivity index (χ0) is 20.1. The fourth-order valence-corrected chi connectivity index (χ4v) is 2.97. The van der Waals surface area contributed by atoms with Crippen LogP contribution in [0.5, 0.6) is 11.5 Å². The number of H-pyrrole nitrogens is 1. The van der Waals surface area contributed by atoms with Crippen molar-refractivity contribution in [1.29, 1.82) is 0 Å². The van der Waals surface area contributed by atoms with Crippen LogP contribution in [0.2, 0.25) is 0 Å². The number of hydrogen-bond donors (Lipinski definition) is 3. The van der Waals surface area contributed by atoms with Gasteiger partial charge in [-0.25, -0.2) is 4.79 Å². The molecule has 0 atom stereocenters. The molecular formula is C19H22N4O4S. The number of nitrogens with one attached hydrogen (secondary N) is 3. The molecule has 0 bridgehead atoms. The topological polar surface area (TPSA) is 97.0 Å². The van der Waals surface area contributed by atoms with Crippen LogP contribution in [0.25, 0.3) is 0 Å². The van der Waals surface area contributed by atoms with E-state index in [1.807, 2.05) is 32.0 Å². The number of hydrogen-bond acceptors (Lipinski definition) is 6. The lowest BCUT2D eigenvalue weighted by molar-refractivity contribution is 0.0525. The van der Waals surface area contributed by atoms with Gasteiger partial charge in [-0.3, -0.25) is 5.43 Å². The molecule has 3 N–H and O–H groups in total. The zero-order valence-corrected chi connectivity index (χ0v) is 16.7. The van der Waals surface area contributed by atoms with E-state index in [0.29, 0.717) is 29.5 Å². The molecule has 1 aliphatic rings. The van der Waals surface area contributed by atoms with E-state index in [2.05, 4.69) is 20.8 Å². The molecule has 2 heterocycles. The molecule has 1 aromatic carbocycles. The Morgan fingerprint density at radius 2 is 2.14 bits per heavy atom. The van der Waals surface area contributed by atoms with Crippen molar-refractivity contribution in [3.05, 3.63) is 46.3 Å². The molecule has 0 radical (unpaired) electrons. The first-order chi connectivity index (χ1) is 13.5. The largest absolute Gasteiger partial charge is 0.462 e. The van der Waals surface area contributed by atoms with Crippen molar-refractivity contribution in [2.24, 2.45) is 5.10 Å². The van der Waals surface area contributed by atoms with Crippen LogP contribution in [0.4, 0.5) is 0 Å². The highest BCUT2D eigenvalue weighted by atomic mass is 32.1. The second-order valence-electron chi connectivity index (χ2n) is 6.12. The Hall–Kier alpha value is -3.07. The Bertz CT molecular complexity index is 923. The lowest BCUT2D eigenvalue weighted by Gasteiger charge is -2.07. The summed E-state index contributed by atoms with van der Waals surface area (Å²) in [4.78, 5) is 15.2. The van der Waals surface area contributed by atoms with E-state index in [4.69, 9.17) is 26.4 Å². The maximum atomic E-state index is 12.0. The van der Waals surface area contributed by atoms with Crippen LogP contribution in [0.3, 0.4) is 0 Å². The van der Waals surface area contributed by atoms with Crippen molar-refractivity contribution in [2.75, 3.05) is 13.4 Å². The summed E-state index contributed by atoms with van der Waals surface area (Å²) in [5.74, 6) is 1.13. The van der Waals surface area contributed by atoms with Crippen LogP contribution in [-0.4, -0.2) is 35.7 Å². The zero-order valence-electron chi connectivity index (χ0n) is 15.9. The van der Waals surface area contributed by atoms with E-state index >= 15 is 0 Å². The monoisotopic (exact) mass is 402 g/mol. The quantitative estimate of drug-likeness (QED) is 0.296. The highest BCUT2D eigenvalue weighted by Crippen LogP contribution is 2.32. The third-order valence-electron chi connectivity index (χ3n) is 4.21. The number of aromatic amines is 1. The van der Waals surface area contributed by atoms with Gasteiger partial charge in [0, 0.05) is 12.2 Å². The second-order valence-corrected chi connectivity index (χ2v) is 6.53. The molecular weight excluding hydrogens is 380 g/mol. The fourth-order valence-electron chi connectivity index (χ4n) is 2.84. The average molecular weight is 402 g/mol. The molecule has 1 aliphatic heterocycles. The lowest BCUT2D eigenvalue weighted by atomic mass is 10.1. The summed E-state index contributed by atoms with van der Waals surface area (Å²) in [7, 11) is 0. The van der Waals surface area contributed by atoms with Gasteiger partial charge in [0.15, 0.2) is 16.6 Å². The Kier molecular flexibility index (Phi) is 6.15. The molecule has 0 spiro atoms. The maximum absolute atomic E-state index is 12.0. The number of thiocarbonyl (C=S) groups is 1. The van der Waals surface area contributed by atoms with Crippen LogP contribution >= 0.6 is 12.2 Å². The van der Waals surface area contributed by atoms with E-state index in [0.717, 1.165) is 28.3 Å². The van der Waals surface area contributed by atoms with Crippen molar-refractivity contribution in [1.82, 2.24) is 15.7 Å². The number of carbonyl (C=O) groups excluding carboxylic acids is 1. The van der Waals surface area contributed by atoms with Crippen LogP contribution < -0.4 is 20.2 Å². The molecule has 148 valence electrons. The number of carbonyl (C=O) groups is 1. The van der Waals surface area contributed by atoms with Gasteiger partial charge in [-0.05, 0) is 56.2 Å². The molecule has 0 fully saturated rings. The number of hydrazone groups is 1. The van der Waals surface area contributed by atoms with Gasteiger partial charge in [0.25, 0.3) is 0 Å². The highest BCUT2D eigenvalue weighted by Gasteiger charge is 2.18. The van der Waals surface area contributed by atoms with Gasteiger partial charge in [0.05, 0.1) is 24.1 Å². The number of aryl methyl sites for hydroxylation is 1. The number of benzene rings is 1. The maximum Gasteiger partial charge on any atom is 0.340 e. The Balaban J connectivity index is 1.54. The van der Waals surface area contributed by atoms with Crippen molar-refractivity contribution in [2.45, 2.75) is 27.3 Å². The smallest absolute Gasteiger partial charge is 0.340 e. The summed E-state index contributed by atoms with van der Waals surface area (Å²) in [6.07, 6.45) is 1.58. The van der Waals surface area contributed by atoms with Gasteiger partial charge in [-0.15, -0.1) is 0 Å². The van der Waals surface area contributed by atoms with Gasteiger partial charge < -0.3 is 24.5 Å². The van der Waals surface area contributed by atoms with Crippen LogP contribution in [0.15, 0.2) is 23.3 Å². The van der Waals surface area contributed by atoms with Crippen LogP contribution in [0.1, 0.15) is 39.8 Å². The number of esters is 1. The molecule has 0 aliphatic carbocycles. The van der Waals surface area contributed by atoms with Crippen LogP contribution in [-0.2, 0) is 11.3 Å². The summed E-state index contributed by atoms with van der Waals surface area (Å²) in [5.41, 5.74) is 6.53. The van der Waals surface area contributed by atoms with Crippen molar-refractivity contribution < 1.29 is 19.0 Å². The minimum Gasteiger partial charge on any atom is -0.462 e. The predicted molar refractivity (Wildman–Crippen MR) is 109 cm³/mol. The third-order valence-corrected chi connectivity index (χ3v) is 4.44. The standard InChI is InChI=1S/C19H22N4O4S/c1-4-25-18(24)17-11(2)14(22-12(17)3)9-21-23-19(28)20-8-13-5-6-15-16(7-13)27-10-26-15/h5-7,9,22H,4,8,10H2,1-3H3,(H2,20,23,28)/b21-9+. The molecule has 8 nitrogen and oxygen atoms in total. The summed E-state index contributed by atoms with van der Waals surface area (Å²) in [6.45, 7) is 6.53. The summed E-state index contributed by atoms with van der Waals surface area (Å²) in [6, 6.07) is 5.71. The highest BCUT2D eigenvalue weighted by molar-refractivity contribution is 7.80. The van der Waals surface area contributed by atoms with Gasteiger partial charge >= 0.3 is 5.97 Å². The molecule has 2 aromatic rings. The van der Waals surface area contributed by atoms with Crippen molar-refractivity contribution >= 4 is 29.5 Å². The summed E-state index contributed by atoms with van der Waals surface area (Å²) >= 11 is 5.23. The van der Waals surface area contributed by atoms with E-state index in [-0.39, 0.29) is 12.8 Å². The molecule has 3 rings (SSSR count). The molecule has 1 aromatic heterocycles. The normalized spacial score (nSPS) is 12.2. The molecule has 9 heteroatoms. The van der Waals surface area contributed by atoms with Gasteiger partial charge in [-0.2, -0.15) is 5.10 Å². The number of ether oxygens (including phenoxy) is 3. The fraction of sp³-hybridized carbons (Fsp3) is 0.316. The molecule has 0 saturated carbocycles. The second kappa shape index (κ2) is 8.75. The van der Waals surface area contributed by atoms with Gasteiger partial charge in [0.2, 0.25) is 6.79 Å². The van der Waals surface area contributed by atoms with E-state index in [1.54, 1.807) is 13.1 Å². The number of fused-ring (bicyclic) bond motifs is 1. The molecule has 28 heavy (non-hydrogen) atoms. The predicted octanol–water partition coefficient (Wildman–Crippen LogP) is 2.54. The first-order valence-electron chi connectivity index (χ1n) is 8.81. The molecule has 0 saturated heterocycles. The Labute approximate surface area is 168 Å². The van der Waals surface area contributed by atoms with E-state index in [9.17, 15) is 4.79 Å². The third kappa shape index (κ3) is 4.42. The minimum absolute atomic E-state index is 0.246.